The van der Waals surface area contributed by atoms with Crippen molar-refractivity contribution >= 4 is 34.1 Å². The fraction of sp³-hybridized carbons (Fsp3) is 0.0455. The number of hydrogen-bond donors (Lipinski definition) is 1. The van der Waals surface area contributed by atoms with E-state index < -0.39 is 0 Å². The minimum Gasteiger partial charge on any atom is -0.457 e. The zero-order valence-electron chi connectivity index (χ0n) is 15.3. The van der Waals surface area contributed by atoms with Gasteiger partial charge in [0.05, 0.1) is 0 Å². The molecule has 0 radical (unpaired) electrons. The Kier molecular flexibility index (Phi) is 6.19. The summed E-state index contributed by atoms with van der Waals surface area (Å²) in [5.41, 5.74) is 1.75. The van der Waals surface area contributed by atoms with Gasteiger partial charge >= 0.3 is 0 Å². The van der Waals surface area contributed by atoms with Gasteiger partial charge in [0.25, 0.3) is 5.91 Å². The molecule has 3 aromatic carbocycles. The topological polar surface area (TPSA) is 64.1 Å². The molecule has 0 spiro atoms. The lowest BCUT2D eigenvalue weighted by Gasteiger charge is -2.06. The highest BCUT2D eigenvalue weighted by atomic mass is 32.2. The monoisotopic (exact) mass is 419 g/mol. The summed E-state index contributed by atoms with van der Waals surface area (Å²) in [6, 6.07) is 26.6. The van der Waals surface area contributed by atoms with Crippen molar-refractivity contribution in [3.05, 3.63) is 96.1 Å². The third-order valence-corrected chi connectivity index (χ3v) is 5.97. The van der Waals surface area contributed by atoms with Gasteiger partial charge in [0.2, 0.25) is 5.13 Å². The highest BCUT2D eigenvalue weighted by molar-refractivity contribution is 8.00. The molecule has 0 saturated heterocycles. The minimum absolute atomic E-state index is 0.230. The minimum atomic E-state index is -0.230. The molecular formula is C22H17N3O2S2. The van der Waals surface area contributed by atoms with E-state index in [2.05, 4.69) is 27.6 Å². The van der Waals surface area contributed by atoms with Crippen molar-refractivity contribution in [1.82, 2.24) is 10.2 Å². The highest BCUT2D eigenvalue weighted by Crippen LogP contribution is 2.28. The van der Waals surface area contributed by atoms with Crippen molar-refractivity contribution in [2.45, 2.75) is 10.1 Å². The maximum absolute atomic E-state index is 12.5. The molecule has 1 heterocycles. The number of rotatable bonds is 7. The Morgan fingerprint density at radius 1 is 0.862 bits per heavy atom. The number of ether oxygens (including phenoxy) is 1. The van der Waals surface area contributed by atoms with E-state index in [4.69, 9.17) is 4.74 Å². The number of benzene rings is 3. The summed E-state index contributed by atoms with van der Waals surface area (Å²) < 4.78 is 6.56. The summed E-state index contributed by atoms with van der Waals surface area (Å²) in [6.07, 6.45) is 0. The summed E-state index contributed by atoms with van der Waals surface area (Å²) in [4.78, 5) is 12.5. The van der Waals surface area contributed by atoms with Crippen LogP contribution in [0.5, 0.6) is 11.5 Å². The van der Waals surface area contributed by atoms with Gasteiger partial charge in [-0.05, 0) is 42.0 Å². The zero-order chi connectivity index (χ0) is 19.9. The average molecular weight is 420 g/mol. The molecule has 1 aromatic heterocycles. The molecule has 144 valence electrons. The zero-order valence-corrected chi connectivity index (χ0v) is 17.0. The van der Waals surface area contributed by atoms with E-state index in [0.29, 0.717) is 16.4 Å². The Hall–Kier alpha value is -3.16. The normalized spacial score (nSPS) is 10.5. The number of carbonyl (C=O) groups is 1. The molecule has 4 rings (SSSR count). The Morgan fingerprint density at radius 2 is 1.52 bits per heavy atom. The van der Waals surface area contributed by atoms with Crippen molar-refractivity contribution in [1.29, 1.82) is 0 Å². The SMILES string of the molecule is O=C(Nc1nnc(SCc2ccccc2)s1)c1ccc(Oc2ccccc2)cc1. The van der Waals surface area contributed by atoms with Gasteiger partial charge in [-0.2, -0.15) is 0 Å². The predicted octanol–water partition coefficient (Wildman–Crippen LogP) is 5.88. The van der Waals surface area contributed by atoms with Crippen LogP contribution >= 0.6 is 23.1 Å². The summed E-state index contributed by atoms with van der Waals surface area (Å²) >= 11 is 2.96. The summed E-state index contributed by atoms with van der Waals surface area (Å²) in [6.45, 7) is 0. The van der Waals surface area contributed by atoms with Crippen LogP contribution in [0, 0.1) is 0 Å². The van der Waals surface area contributed by atoms with Crippen molar-refractivity contribution in [2.24, 2.45) is 0 Å². The van der Waals surface area contributed by atoms with E-state index >= 15 is 0 Å². The summed E-state index contributed by atoms with van der Waals surface area (Å²) in [5.74, 6) is 2.00. The molecule has 1 amide bonds. The first-order valence-electron chi connectivity index (χ1n) is 8.91. The van der Waals surface area contributed by atoms with Gasteiger partial charge < -0.3 is 4.74 Å². The average Bonchev–Trinajstić information content (AvgIpc) is 3.21. The van der Waals surface area contributed by atoms with E-state index in [9.17, 15) is 4.79 Å². The van der Waals surface area contributed by atoms with E-state index in [1.165, 1.54) is 16.9 Å². The molecule has 0 fully saturated rings. The number of amides is 1. The van der Waals surface area contributed by atoms with Crippen molar-refractivity contribution in [3.63, 3.8) is 0 Å². The smallest absolute Gasteiger partial charge is 0.257 e. The van der Waals surface area contributed by atoms with Crippen molar-refractivity contribution in [3.8, 4) is 11.5 Å². The van der Waals surface area contributed by atoms with Crippen molar-refractivity contribution < 1.29 is 9.53 Å². The van der Waals surface area contributed by atoms with Crippen LogP contribution in [0.2, 0.25) is 0 Å². The molecule has 0 aliphatic heterocycles. The van der Waals surface area contributed by atoms with Crippen LogP contribution in [-0.2, 0) is 5.75 Å². The third kappa shape index (κ3) is 5.43. The molecule has 7 heteroatoms. The molecule has 0 bridgehead atoms. The van der Waals surface area contributed by atoms with E-state index in [1.54, 1.807) is 36.0 Å². The molecule has 1 N–H and O–H groups in total. The molecule has 0 unspecified atom stereocenters. The van der Waals surface area contributed by atoms with Crippen LogP contribution in [0.25, 0.3) is 0 Å². The first-order valence-corrected chi connectivity index (χ1v) is 10.7. The van der Waals surface area contributed by atoms with E-state index in [-0.39, 0.29) is 5.91 Å². The molecule has 0 aliphatic rings. The molecule has 0 aliphatic carbocycles. The molecule has 5 nitrogen and oxygen atoms in total. The number of aromatic nitrogens is 2. The second-order valence-electron chi connectivity index (χ2n) is 6.04. The van der Waals surface area contributed by atoms with Gasteiger partial charge in [0.1, 0.15) is 11.5 Å². The van der Waals surface area contributed by atoms with Crippen LogP contribution in [0.15, 0.2) is 89.3 Å². The first-order chi connectivity index (χ1) is 14.3. The van der Waals surface area contributed by atoms with E-state index in [0.717, 1.165) is 15.8 Å². The van der Waals surface area contributed by atoms with Gasteiger partial charge in [-0.15, -0.1) is 10.2 Å². The fourth-order valence-corrected chi connectivity index (χ4v) is 4.21. The Morgan fingerprint density at radius 3 is 2.24 bits per heavy atom. The number of anilines is 1. The Balaban J connectivity index is 1.32. The number of thioether (sulfide) groups is 1. The first kappa shape index (κ1) is 19.2. The fourth-order valence-electron chi connectivity index (χ4n) is 2.51. The highest BCUT2D eigenvalue weighted by Gasteiger charge is 2.11. The lowest BCUT2D eigenvalue weighted by atomic mass is 10.2. The Bertz CT molecular complexity index is 1070. The summed E-state index contributed by atoms with van der Waals surface area (Å²) in [5, 5.41) is 11.5. The van der Waals surface area contributed by atoms with Crippen molar-refractivity contribution in [2.75, 3.05) is 5.32 Å². The standard InChI is InChI=1S/C22H17N3O2S2/c26-20(17-11-13-19(14-12-17)27-18-9-5-2-6-10-18)23-21-24-25-22(29-21)28-15-16-7-3-1-4-8-16/h1-14H,15H2,(H,23,24,26). The van der Waals surface area contributed by atoms with Crippen LogP contribution in [0.4, 0.5) is 5.13 Å². The number of nitrogens with one attached hydrogen (secondary N) is 1. The maximum Gasteiger partial charge on any atom is 0.257 e. The quantitative estimate of drug-likeness (QED) is 0.300. The maximum atomic E-state index is 12.5. The molecule has 0 saturated carbocycles. The number of hydrogen-bond acceptors (Lipinski definition) is 6. The third-order valence-electron chi connectivity index (χ3n) is 3.93. The largest absolute Gasteiger partial charge is 0.457 e. The summed E-state index contributed by atoms with van der Waals surface area (Å²) in [7, 11) is 0. The second-order valence-corrected chi connectivity index (χ2v) is 8.24. The lowest BCUT2D eigenvalue weighted by Crippen LogP contribution is -2.11. The van der Waals surface area contributed by atoms with E-state index in [1.807, 2.05) is 48.5 Å². The number of para-hydroxylation sites is 1. The van der Waals surface area contributed by atoms with Gasteiger partial charge in [0.15, 0.2) is 4.34 Å². The number of carbonyl (C=O) groups excluding carboxylic acids is 1. The van der Waals surface area contributed by atoms with Crippen LogP contribution < -0.4 is 10.1 Å². The van der Waals surface area contributed by atoms with Crippen LogP contribution in [0.3, 0.4) is 0 Å². The Labute approximate surface area is 176 Å². The lowest BCUT2D eigenvalue weighted by molar-refractivity contribution is 0.102. The molecule has 0 atom stereocenters. The number of nitrogens with zero attached hydrogens (tertiary/aromatic N) is 2. The second kappa shape index (κ2) is 9.36. The van der Waals surface area contributed by atoms with Gasteiger partial charge in [-0.1, -0.05) is 71.6 Å². The molecule has 4 aromatic rings. The molecular weight excluding hydrogens is 402 g/mol. The van der Waals surface area contributed by atoms with Gasteiger partial charge in [0, 0.05) is 11.3 Å². The predicted molar refractivity (Wildman–Crippen MR) is 117 cm³/mol. The van der Waals surface area contributed by atoms with Gasteiger partial charge in [-0.3, -0.25) is 10.1 Å². The van der Waals surface area contributed by atoms with Crippen LogP contribution in [-0.4, -0.2) is 16.1 Å². The molecule has 29 heavy (non-hydrogen) atoms. The van der Waals surface area contributed by atoms with Gasteiger partial charge in [-0.25, -0.2) is 0 Å². The van der Waals surface area contributed by atoms with Crippen LogP contribution in [0.1, 0.15) is 15.9 Å².